The lowest BCUT2D eigenvalue weighted by atomic mass is 10.1. The van der Waals surface area contributed by atoms with Gasteiger partial charge < -0.3 is 4.90 Å². The van der Waals surface area contributed by atoms with Gasteiger partial charge in [-0.15, -0.1) is 0 Å². The highest BCUT2D eigenvalue weighted by Gasteiger charge is 2.39. The zero-order valence-corrected chi connectivity index (χ0v) is 21.4. The second kappa shape index (κ2) is 9.90. The van der Waals surface area contributed by atoms with Crippen molar-refractivity contribution in [1.29, 1.82) is 0 Å². The van der Waals surface area contributed by atoms with Crippen LogP contribution in [0.4, 0.5) is 11.4 Å². The highest BCUT2D eigenvalue weighted by Crippen LogP contribution is 2.51. The van der Waals surface area contributed by atoms with Crippen LogP contribution in [0, 0.1) is 6.92 Å². The molecule has 1 fully saturated rings. The van der Waals surface area contributed by atoms with E-state index in [-0.39, 0.29) is 5.91 Å². The fourth-order valence-corrected chi connectivity index (χ4v) is 6.53. The molecule has 0 radical (unpaired) electrons. The number of halogens is 1. The summed E-state index contributed by atoms with van der Waals surface area (Å²) < 4.78 is 0. The van der Waals surface area contributed by atoms with Crippen molar-refractivity contribution in [3.8, 4) is 0 Å². The third kappa shape index (κ3) is 4.63. The molecule has 3 aromatic rings. The van der Waals surface area contributed by atoms with Gasteiger partial charge in [0.05, 0.1) is 11.4 Å². The van der Waals surface area contributed by atoms with E-state index in [0.29, 0.717) is 11.6 Å². The Morgan fingerprint density at radius 1 is 0.941 bits per heavy atom. The molecule has 2 heterocycles. The summed E-state index contributed by atoms with van der Waals surface area (Å²) in [7, 11) is 0. The predicted octanol–water partition coefficient (Wildman–Crippen LogP) is 7.26. The van der Waals surface area contributed by atoms with E-state index in [9.17, 15) is 4.79 Å². The maximum atomic E-state index is 13.7. The molecule has 0 aliphatic carbocycles. The number of amidine groups is 1. The number of thioether (sulfide) groups is 2. The van der Waals surface area contributed by atoms with Crippen LogP contribution in [-0.2, 0) is 11.2 Å². The molecule has 0 aromatic heterocycles. The first-order chi connectivity index (χ1) is 16.5. The molecular weight excluding hydrogens is 482 g/mol. The molecule has 0 N–H and O–H groups in total. The van der Waals surface area contributed by atoms with Crippen molar-refractivity contribution >= 4 is 57.6 Å². The number of nitrogens with zero attached hydrogens (tertiary/aromatic N) is 3. The third-order valence-corrected chi connectivity index (χ3v) is 8.38. The molecule has 0 spiro atoms. The van der Waals surface area contributed by atoms with Gasteiger partial charge in [0, 0.05) is 23.0 Å². The van der Waals surface area contributed by atoms with Crippen LogP contribution >= 0.6 is 35.1 Å². The van der Waals surface area contributed by atoms with Crippen LogP contribution < -0.4 is 4.90 Å². The zero-order valence-electron chi connectivity index (χ0n) is 19.0. The van der Waals surface area contributed by atoms with Crippen LogP contribution in [0.5, 0.6) is 0 Å². The Hall–Kier alpha value is -2.67. The number of rotatable bonds is 5. The van der Waals surface area contributed by atoms with Gasteiger partial charge in [-0.3, -0.25) is 9.69 Å². The minimum absolute atomic E-state index is 0.00615. The number of hydrogen-bond donors (Lipinski definition) is 0. The van der Waals surface area contributed by atoms with Gasteiger partial charge in [0.2, 0.25) is 0 Å². The number of amides is 1. The Balaban J connectivity index is 1.52. The van der Waals surface area contributed by atoms with E-state index < -0.39 is 0 Å². The number of anilines is 1. The lowest BCUT2D eigenvalue weighted by Gasteiger charge is -2.19. The lowest BCUT2D eigenvalue weighted by molar-refractivity contribution is -0.122. The van der Waals surface area contributed by atoms with E-state index in [1.807, 2.05) is 65.6 Å². The van der Waals surface area contributed by atoms with Crippen LogP contribution in [0.15, 0.2) is 92.6 Å². The first kappa shape index (κ1) is 23.1. The fraction of sp³-hybridized carbons (Fsp3) is 0.185. The quantitative estimate of drug-likeness (QED) is 0.342. The van der Waals surface area contributed by atoms with E-state index in [2.05, 4.69) is 30.9 Å². The Labute approximate surface area is 213 Å². The molecule has 2 aliphatic heterocycles. The van der Waals surface area contributed by atoms with Crippen LogP contribution in [0.2, 0.25) is 5.02 Å². The van der Waals surface area contributed by atoms with E-state index in [1.54, 1.807) is 11.8 Å². The molecule has 3 aromatic carbocycles. The van der Waals surface area contributed by atoms with Gasteiger partial charge in [0.15, 0.2) is 5.17 Å². The SMILES string of the molecule is CCN1/C(=C2/SC(=Nc3ccc(C)cc3)N(CCc3ccccc3)C2=O)Sc2ccc(Cl)cc21. The van der Waals surface area contributed by atoms with Gasteiger partial charge in [-0.2, -0.15) is 0 Å². The van der Waals surface area contributed by atoms with Gasteiger partial charge in [-0.1, -0.05) is 71.4 Å². The fourth-order valence-electron chi connectivity index (χ4n) is 3.97. The second-order valence-corrected chi connectivity index (χ2v) is 10.6. The Morgan fingerprint density at radius 3 is 2.44 bits per heavy atom. The molecule has 0 atom stereocenters. The molecule has 5 rings (SSSR count). The van der Waals surface area contributed by atoms with Gasteiger partial charge in [-0.05, 0) is 67.9 Å². The monoisotopic (exact) mass is 505 g/mol. The lowest BCUT2D eigenvalue weighted by Crippen LogP contribution is -2.32. The molecule has 34 heavy (non-hydrogen) atoms. The number of aliphatic imine (C=N–C) groups is 1. The summed E-state index contributed by atoms with van der Waals surface area (Å²) in [6.07, 6.45) is 0.767. The van der Waals surface area contributed by atoms with Crippen molar-refractivity contribution in [1.82, 2.24) is 4.90 Å². The second-order valence-electron chi connectivity index (χ2n) is 8.12. The van der Waals surface area contributed by atoms with Crippen molar-refractivity contribution in [2.45, 2.75) is 25.2 Å². The summed E-state index contributed by atoms with van der Waals surface area (Å²) in [5.74, 6) is 0.00615. The average molecular weight is 506 g/mol. The Bertz CT molecular complexity index is 1290. The average Bonchev–Trinajstić information content (AvgIpc) is 3.36. The van der Waals surface area contributed by atoms with Crippen LogP contribution in [0.25, 0.3) is 0 Å². The van der Waals surface area contributed by atoms with Gasteiger partial charge in [0.25, 0.3) is 5.91 Å². The molecular formula is C27H24ClN3OS2. The summed E-state index contributed by atoms with van der Waals surface area (Å²) in [6, 6.07) is 24.2. The summed E-state index contributed by atoms with van der Waals surface area (Å²) in [5.41, 5.74) is 4.28. The van der Waals surface area contributed by atoms with Gasteiger partial charge in [0.1, 0.15) is 9.93 Å². The van der Waals surface area contributed by atoms with Gasteiger partial charge in [-0.25, -0.2) is 4.99 Å². The smallest absolute Gasteiger partial charge is 0.269 e. The number of aryl methyl sites for hydroxylation is 1. The van der Waals surface area contributed by atoms with E-state index in [1.165, 1.54) is 22.9 Å². The van der Waals surface area contributed by atoms with E-state index >= 15 is 0 Å². The van der Waals surface area contributed by atoms with Crippen molar-refractivity contribution in [2.24, 2.45) is 4.99 Å². The number of carbonyl (C=O) groups excluding carboxylic acids is 1. The summed E-state index contributed by atoms with van der Waals surface area (Å²) in [6.45, 7) is 5.48. The molecule has 1 amide bonds. The first-order valence-corrected chi connectivity index (χ1v) is 13.2. The molecule has 4 nitrogen and oxygen atoms in total. The normalized spacial score (nSPS) is 18.8. The number of fused-ring (bicyclic) bond motifs is 1. The maximum absolute atomic E-state index is 13.7. The molecule has 0 unspecified atom stereocenters. The minimum atomic E-state index is 0.00615. The van der Waals surface area contributed by atoms with Crippen LogP contribution in [-0.4, -0.2) is 29.1 Å². The molecule has 0 bridgehead atoms. The third-order valence-electron chi connectivity index (χ3n) is 5.76. The molecule has 0 saturated carbocycles. The Morgan fingerprint density at radius 2 is 1.71 bits per heavy atom. The van der Waals surface area contributed by atoms with Gasteiger partial charge >= 0.3 is 0 Å². The predicted molar refractivity (Wildman–Crippen MR) is 145 cm³/mol. The van der Waals surface area contributed by atoms with Crippen molar-refractivity contribution < 1.29 is 4.79 Å². The standard InChI is InChI=1S/C27H24ClN3OS2/c1-3-30-22-17-20(28)11-14-23(22)33-26(30)24-25(32)31(16-15-19-7-5-4-6-8-19)27(34-24)29-21-12-9-18(2)10-13-21/h4-14,17H,3,15-16H2,1-2H3/b26-24-,29-27?. The minimum Gasteiger partial charge on any atom is -0.334 e. The molecule has 2 aliphatic rings. The van der Waals surface area contributed by atoms with Crippen molar-refractivity contribution in [2.75, 3.05) is 18.0 Å². The topological polar surface area (TPSA) is 35.9 Å². The molecule has 172 valence electrons. The number of benzene rings is 3. The summed E-state index contributed by atoms with van der Waals surface area (Å²) >= 11 is 9.37. The van der Waals surface area contributed by atoms with Crippen LogP contribution in [0.1, 0.15) is 18.1 Å². The van der Waals surface area contributed by atoms with Crippen LogP contribution in [0.3, 0.4) is 0 Å². The molecule has 7 heteroatoms. The van der Waals surface area contributed by atoms with E-state index in [0.717, 1.165) is 44.3 Å². The highest BCUT2D eigenvalue weighted by molar-refractivity contribution is 8.19. The van der Waals surface area contributed by atoms with Crippen molar-refractivity contribution in [3.63, 3.8) is 0 Å². The molecule has 1 saturated heterocycles. The zero-order chi connectivity index (χ0) is 23.7. The largest absolute Gasteiger partial charge is 0.334 e. The highest BCUT2D eigenvalue weighted by atomic mass is 35.5. The Kier molecular flexibility index (Phi) is 6.73. The number of carbonyl (C=O) groups is 1. The summed E-state index contributed by atoms with van der Waals surface area (Å²) in [4.78, 5) is 24.5. The van der Waals surface area contributed by atoms with Crippen molar-refractivity contribution in [3.05, 3.63) is 98.9 Å². The number of hydrogen-bond acceptors (Lipinski definition) is 5. The summed E-state index contributed by atoms with van der Waals surface area (Å²) in [5, 5.41) is 2.37. The van der Waals surface area contributed by atoms with E-state index in [4.69, 9.17) is 16.6 Å². The maximum Gasteiger partial charge on any atom is 0.269 e. The first-order valence-electron chi connectivity index (χ1n) is 11.2.